The zero-order valence-corrected chi connectivity index (χ0v) is 15.1. The quantitative estimate of drug-likeness (QED) is 0.812. The highest BCUT2D eigenvalue weighted by atomic mass is 32.1. The van der Waals surface area contributed by atoms with Gasteiger partial charge in [0, 0.05) is 43.0 Å². The number of hydrogen-bond donors (Lipinski definition) is 1. The first-order valence-corrected chi connectivity index (χ1v) is 9.49. The van der Waals surface area contributed by atoms with Gasteiger partial charge < -0.3 is 10.1 Å². The topological polar surface area (TPSA) is 41.6 Å². The number of rotatable bonds is 6. The molecule has 1 saturated carbocycles. The predicted molar refractivity (Wildman–Crippen MR) is 93.6 cm³/mol. The van der Waals surface area contributed by atoms with Crippen LogP contribution in [0.3, 0.4) is 0 Å². The maximum Gasteiger partial charge on any atom is 0.225 e. The standard InChI is InChI=1S/C18H28N2O2S/c1-14-5-6-15(23-14)11-20-12-16(17(21)19-9-10-22-2)18(13-20)7-3-4-8-18/h5-6,16H,3-4,7-13H2,1-2H3,(H,19,21). The van der Waals surface area contributed by atoms with E-state index in [2.05, 4.69) is 29.3 Å². The molecule has 0 aromatic carbocycles. The molecule has 1 N–H and O–H groups in total. The van der Waals surface area contributed by atoms with Crippen molar-refractivity contribution in [1.82, 2.24) is 10.2 Å². The van der Waals surface area contributed by atoms with E-state index >= 15 is 0 Å². The van der Waals surface area contributed by atoms with E-state index in [9.17, 15) is 4.79 Å². The minimum atomic E-state index is 0.142. The Balaban J connectivity index is 1.66. The average molecular weight is 337 g/mol. The first-order chi connectivity index (χ1) is 11.1. The molecule has 23 heavy (non-hydrogen) atoms. The highest BCUT2D eigenvalue weighted by Gasteiger charge is 2.50. The molecule has 1 aromatic heterocycles. The van der Waals surface area contributed by atoms with Gasteiger partial charge in [0.25, 0.3) is 0 Å². The molecular weight excluding hydrogens is 308 g/mol. The lowest BCUT2D eigenvalue weighted by molar-refractivity contribution is -0.127. The van der Waals surface area contributed by atoms with Gasteiger partial charge >= 0.3 is 0 Å². The van der Waals surface area contributed by atoms with Crippen LogP contribution >= 0.6 is 11.3 Å². The number of aryl methyl sites for hydroxylation is 1. The Hall–Kier alpha value is -0.910. The normalized spacial score (nSPS) is 23.7. The van der Waals surface area contributed by atoms with Crippen LogP contribution in [0.5, 0.6) is 0 Å². The molecule has 5 heteroatoms. The second-order valence-corrected chi connectivity index (χ2v) is 8.46. The van der Waals surface area contributed by atoms with Crippen molar-refractivity contribution < 1.29 is 9.53 Å². The fraction of sp³-hybridized carbons (Fsp3) is 0.722. The van der Waals surface area contributed by atoms with Gasteiger partial charge in [-0.15, -0.1) is 11.3 Å². The maximum atomic E-state index is 12.7. The SMILES string of the molecule is COCCNC(=O)C1CN(Cc2ccc(C)s2)CC12CCCC2. The van der Waals surface area contributed by atoms with Gasteiger partial charge in [-0.1, -0.05) is 12.8 Å². The van der Waals surface area contributed by atoms with Crippen molar-refractivity contribution in [2.45, 2.75) is 39.2 Å². The lowest BCUT2D eigenvalue weighted by Gasteiger charge is -2.29. The molecular formula is C18H28N2O2S. The van der Waals surface area contributed by atoms with E-state index in [1.54, 1.807) is 7.11 Å². The molecule has 1 aromatic rings. The molecule has 0 bridgehead atoms. The Morgan fingerprint density at radius 3 is 2.87 bits per heavy atom. The van der Waals surface area contributed by atoms with Crippen molar-refractivity contribution in [2.75, 3.05) is 33.4 Å². The van der Waals surface area contributed by atoms with Crippen LogP contribution in [-0.4, -0.2) is 44.2 Å². The highest BCUT2D eigenvalue weighted by molar-refractivity contribution is 7.11. The summed E-state index contributed by atoms with van der Waals surface area (Å²) in [5, 5.41) is 3.08. The van der Waals surface area contributed by atoms with Gasteiger partial charge in [0.15, 0.2) is 0 Å². The third kappa shape index (κ3) is 3.78. The average Bonchev–Trinajstić information content (AvgIpc) is 3.23. The van der Waals surface area contributed by atoms with E-state index in [0.717, 1.165) is 19.6 Å². The van der Waals surface area contributed by atoms with Gasteiger partial charge in [-0.3, -0.25) is 9.69 Å². The van der Waals surface area contributed by atoms with Gasteiger partial charge in [-0.25, -0.2) is 0 Å². The van der Waals surface area contributed by atoms with Crippen LogP contribution in [0.2, 0.25) is 0 Å². The van der Waals surface area contributed by atoms with E-state index in [1.165, 1.54) is 35.4 Å². The monoisotopic (exact) mass is 336 g/mol. The summed E-state index contributed by atoms with van der Waals surface area (Å²) in [6.07, 6.45) is 4.95. The molecule has 3 rings (SSSR count). The number of likely N-dealkylation sites (tertiary alicyclic amines) is 1. The number of nitrogens with one attached hydrogen (secondary N) is 1. The lowest BCUT2D eigenvalue weighted by atomic mass is 9.76. The van der Waals surface area contributed by atoms with Crippen LogP contribution in [0.4, 0.5) is 0 Å². The van der Waals surface area contributed by atoms with Gasteiger partial charge in [0.05, 0.1) is 12.5 Å². The second kappa shape index (κ2) is 7.32. The Morgan fingerprint density at radius 1 is 1.43 bits per heavy atom. The van der Waals surface area contributed by atoms with Crippen molar-refractivity contribution in [3.8, 4) is 0 Å². The summed E-state index contributed by atoms with van der Waals surface area (Å²) >= 11 is 1.87. The summed E-state index contributed by atoms with van der Waals surface area (Å²) in [7, 11) is 1.67. The smallest absolute Gasteiger partial charge is 0.225 e. The van der Waals surface area contributed by atoms with Crippen LogP contribution in [0, 0.1) is 18.3 Å². The van der Waals surface area contributed by atoms with Crippen molar-refractivity contribution in [1.29, 1.82) is 0 Å². The summed E-state index contributed by atoms with van der Waals surface area (Å²) in [4.78, 5) is 18.0. The molecule has 1 unspecified atom stereocenters. The van der Waals surface area contributed by atoms with Crippen LogP contribution in [0.25, 0.3) is 0 Å². The molecule has 1 aliphatic carbocycles. The largest absolute Gasteiger partial charge is 0.383 e. The van der Waals surface area contributed by atoms with Crippen molar-refractivity contribution in [2.24, 2.45) is 11.3 Å². The zero-order valence-electron chi connectivity index (χ0n) is 14.3. The summed E-state index contributed by atoms with van der Waals surface area (Å²) in [5.41, 5.74) is 0.212. The molecule has 4 nitrogen and oxygen atoms in total. The number of hydrogen-bond acceptors (Lipinski definition) is 4. The van der Waals surface area contributed by atoms with E-state index in [0.29, 0.717) is 13.2 Å². The Labute approximate surface area is 143 Å². The number of thiophene rings is 1. The Kier molecular flexibility index (Phi) is 5.39. The van der Waals surface area contributed by atoms with Gasteiger partial charge in [-0.05, 0) is 37.3 Å². The number of ether oxygens (including phenoxy) is 1. The van der Waals surface area contributed by atoms with E-state index in [1.807, 2.05) is 11.3 Å². The second-order valence-electron chi connectivity index (χ2n) is 7.09. The molecule has 1 spiro atoms. The molecule has 1 saturated heterocycles. The number of methoxy groups -OCH3 is 1. The Morgan fingerprint density at radius 2 is 2.22 bits per heavy atom. The molecule has 2 heterocycles. The first kappa shape index (κ1) is 16.9. The van der Waals surface area contributed by atoms with Crippen LogP contribution in [0.15, 0.2) is 12.1 Å². The van der Waals surface area contributed by atoms with E-state index < -0.39 is 0 Å². The summed E-state index contributed by atoms with van der Waals surface area (Å²) < 4.78 is 5.05. The van der Waals surface area contributed by atoms with Gasteiger partial charge in [0.1, 0.15) is 0 Å². The molecule has 128 valence electrons. The van der Waals surface area contributed by atoms with Gasteiger partial charge in [0.2, 0.25) is 5.91 Å². The molecule has 1 aliphatic heterocycles. The summed E-state index contributed by atoms with van der Waals surface area (Å²) in [6, 6.07) is 4.42. The number of carbonyl (C=O) groups is 1. The first-order valence-electron chi connectivity index (χ1n) is 8.67. The van der Waals surface area contributed by atoms with Gasteiger partial charge in [-0.2, -0.15) is 0 Å². The summed E-state index contributed by atoms with van der Waals surface area (Å²) in [6.45, 7) is 6.32. The maximum absolute atomic E-state index is 12.7. The van der Waals surface area contributed by atoms with Crippen molar-refractivity contribution in [3.05, 3.63) is 21.9 Å². The number of amides is 1. The van der Waals surface area contributed by atoms with Crippen molar-refractivity contribution in [3.63, 3.8) is 0 Å². The fourth-order valence-electron chi connectivity index (χ4n) is 4.33. The minimum Gasteiger partial charge on any atom is -0.383 e. The third-order valence-corrected chi connectivity index (χ3v) is 6.40. The number of nitrogens with zero attached hydrogens (tertiary/aromatic N) is 1. The van der Waals surface area contributed by atoms with E-state index in [4.69, 9.17) is 4.74 Å². The minimum absolute atomic E-state index is 0.142. The molecule has 0 radical (unpaired) electrons. The Bertz CT molecular complexity index is 537. The number of carbonyl (C=O) groups excluding carboxylic acids is 1. The van der Waals surface area contributed by atoms with Crippen LogP contribution in [0.1, 0.15) is 35.4 Å². The highest BCUT2D eigenvalue weighted by Crippen LogP contribution is 2.49. The molecule has 2 aliphatic rings. The van der Waals surface area contributed by atoms with Crippen LogP contribution in [-0.2, 0) is 16.1 Å². The third-order valence-electron chi connectivity index (χ3n) is 5.42. The lowest BCUT2D eigenvalue weighted by Crippen LogP contribution is -2.41. The van der Waals surface area contributed by atoms with E-state index in [-0.39, 0.29) is 17.2 Å². The molecule has 2 fully saturated rings. The predicted octanol–water partition coefficient (Wildman–Crippen LogP) is 2.81. The molecule has 1 amide bonds. The van der Waals surface area contributed by atoms with Crippen molar-refractivity contribution >= 4 is 17.2 Å². The summed E-state index contributed by atoms with van der Waals surface area (Å²) in [5.74, 6) is 0.372. The zero-order chi connectivity index (χ0) is 16.3. The van der Waals surface area contributed by atoms with Crippen LogP contribution < -0.4 is 5.32 Å². The fourth-order valence-corrected chi connectivity index (χ4v) is 5.26. The molecule has 1 atom stereocenters.